The molecule has 0 radical (unpaired) electrons. The lowest BCUT2D eigenvalue weighted by Gasteiger charge is -2.26. The van der Waals surface area contributed by atoms with Gasteiger partial charge in [-0.2, -0.15) is 0 Å². The number of hydrogen-bond donors (Lipinski definition) is 0. The Morgan fingerprint density at radius 1 is 1.65 bits per heavy atom. The van der Waals surface area contributed by atoms with Crippen LogP contribution in [0.15, 0.2) is 9.98 Å². The first-order valence-electron chi connectivity index (χ1n) is 5.27. The highest BCUT2D eigenvalue weighted by molar-refractivity contribution is 9.11. The number of nitrogens with zero attached hydrogens (tertiary/aromatic N) is 1. The topological polar surface area (TPSA) is 31.4 Å². The van der Waals surface area contributed by atoms with Crippen LogP contribution in [-0.2, 0) is 0 Å². The van der Waals surface area contributed by atoms with Gasteiger partial charge in [-0.1, -0.05) is 18.5 Å². The Morgan fingerprint density at radius 3 is 3.24 bits per heavy atom. The molecule has 0 N–H and O–H groups in total. The highest BCUT2D eigenvalue weighted by atomic mass is 79.9. The van der Waals surface area contributed by atoms with Gasteiger partial charge in [-0.3, -0.25) is 0 Å². The van der Waals surface area contributed by atoms with Crippen molar-refractivity contribution in [2.24, 2.45) is 0 Å². The Balaban J connectivity index is 2.20. The minimum Gasteiger partial charge on any atom is -0.484 e. The lowest BCUT2D eigenvalue weighted by Crippen LogP contribution is -2.28. The number of ether oxygens (including phenoxy) is 2. The van der Waals surface area contributed by atoms with Crippen LogP contribution in [-0.4, -0.2) is 17.7 Å². The second-order valence-electron chi connectivity index (χ2n) is 3.79. The van der Waals surface area contributed by atoms with E-state index in [1.54, 1.807) is 6.07 Å². The smallest absolute Gasteiger partial charge is 0.180 e. The van der Waals surface area contributed by atoms with Gasteiger partial charge in [0.2, 0.25) is 0 Å². The predicted molar refractivity (Wildman–Crippen MR) is 72.5 cm³/mol. The summed E-state index contributed by atoms with van der Waals surface area (Å²) in [7, 11) is 0. The molecule has 0 saturated carbocycles. The maximum Gasteiger partial charge on any atom is 0.180 e. The SMILES string of the molecule is CCC1COc2c(cc(Cl)c3nc(Br)sc23)O1. The zero-order chi connectivity index (χ0) is 12.0. The largest absolute Gasteiger partial charge is 0.484 e. The molecule has 6 heteroatoms. The molecule has 1 aromatic carbocycles. The molecule has 90 valence electrons. The van der Waals surface area contributed by atoms with Gasteiger partial charge in [-0.15, -0.1) is 11.3 Å². The number of thiazole rings is 1. The summed E-state index contributed by atoms with van der Waals surface area (Å²) in [5.41, 5.74) is 0.765. The summed E-state index contributed by atoms with van der Waals surface area (Å²) in [6.07, 6.45) is 1.02. The van der Waals surface area contributed by atoms with E-state index in [0.29, 0.717) is 11.6 Å². The summed E-state index contributed by atoms with van der Waals surface area (Å²) in [5, 5.41) is 0.598. The lowest BCUT2D eigenvalue weighted by atomic mass is 10.2. The molecule has 1 aliphatic rings. The van der Waals surface area contributed by atoms with Crippen molar-refractivity contribution < 1.29 is 9.47 Å². The second kappa shape index (κ2) is 4.30. The highest BCUT2D eigenvalue weighted by Crippen LogP contribution is 2.45. The van der Waals surface area contributed by atoms with Gasteiger partial charge in [0.1, 0.15) is 22.9 Å². The fraction of sp³-hybridized carbons (Fsp3) is 0.364. The Kier molecular flexibility index (Phi) is 2.92. The number of fused-ring (bicyclic) bond motifs is 3. The maximum atomic E-state index is 6.19. The molecule has 0 bridgehead atoms. The standard InChI is InChI=1S/C11H9BrClNO2S/c1-2-5-4-15-9-7(16-5)3-6(13)8-10(9)17-11(12)14-8/h3,5H,2,4H2,1H3. The monoisotopic (exact) mass is 333 g/mol. The molecule has 0 aliphatic carbocycles. The molecule has 1 atom stereocenters. The molecular formula is C11H9BrClNO2S. The van der Waals surface area contributed by atoms with Gasteiger partial charge in [0, 0.05) is 6.07 Å². The third-order valence-corrected chi connectivity index (χ3v) is 4.47. The number of halogens is 2. The minimum atomic E-state index is 0.104. The number of aromatic nitrogens is 1. The molecule has 3 nitrogen and oxygen atoms in total. The van der Waals surface area contributed by atoms with E-state index in [4.69, 9.17) is 21.1 Å². The fourth-order valence-corrected chi connectivity index (χ4v) is 3.55. The molecule has 0 spiro atoms. The van der Waals surface area contributed by atoms with Crippen LogP contribution in [0.1, 0.15) is 13.3 Å². The molecule has 2 aromatic rings. The molecular weight excluding hydrogens is 326 g/mol. The van der Waals surface area contributed by atoms with Gasteiger partial charge in [0.15, 0.2) is 15.4 Å². The van der Waals surface area contributed by atoms with E-state index >= 15 is 0 Å². The van der Waals surface area contributed by atoms with Gasteiger partial charge >= 0.3 is 0 Å². The van der Waals surface area contributed by atoms with Crippen molar-refractivity contribution in [3.63, 3.8) is 0 Å². The fourth-order valence-electron chi connectivity index (χ4n) is 1.79. The molecule has 1 aliphatic heterocycles. The summed E-state index contributed by atoms with van der Waals surface area (Å²) in [5.74, 6) is 1.48. The van der Waals surface area contributed by atoms with Crippen LogP contribution >= 0.6 is 38.9 Å². The normalized spacial score (nSPS) is 18.6. The van der Waals surface area contributed by atoms with Crippen molar-refractivity contribution in [2.75, 3.05) is 6.61 Å². The first-order chi connectivity index (χ1) is 8.19. The second-order valence-corrected chi connectivity index (χ2v) is 6.47. The van der Waals surface area contributed by atoms with Crippen LogP contribution in [0.2, 0.25) is 5.02 Å². The van der Waals surface area contributed by atoms with Gasteiger partial charge in [-0.25, -0.2) is 4.98 Å². The molecule has 3 rings (SSSR count). The number of benzene rings is 1. The van der Waals surface area contributed by atoms with Crippen molar-refractivity contribution >= 4 is 49.1 Å². The maximum absolute atomic E-state index is 6.19. The van der Waals surface area contributed by atoms with Gasteiger partial charge in [0.05, 0.1) is 5.02 Å². The van der Waals surface area contributed by atoms with Crippen LogP contribution in [0, 0.1) is 0 Å². The summed E-state index contributed by atoms with van der Waals surface area (Å²) in [6, 6.07) is 1.78. The summed E-state index contributed by atoms with van der Waals surface area (Å²) < 4.78 is 13.3. The Morgan fingerprint density at radius 2 is 2.47 bits per heavy atom. The molecule has 0 fully saturated rings. The molecule has 1 aromatic heterocycles. The summed E-state index contributed by atoms with van der Waals surface area (Å²) >= 11 is 11.1. The van der Waals surface area contributed by atoms with E-state index < -0.39 is 0 Å². The number of hydrogen-bond acceptors (Lipinski definition) is 4. The average Bonchev–Trinajstić information content (AvgIpc) is 2.71. The molecule has 17 heavy (non-hydrogen) atoms. The van der Waals surface area contributed by atoms with E-state index in [-0.39, 0.29) is 6.10 Å². The molecule has 2 heterocycles. The quantitative estimate of drug-likeness (QED) is 0.781. The first-order valence-corrected chi connectivity index (χ1v) is 7.25. The lowest BCUT2D eigenvalue weighted by molar-refractivity contribution is 0.0902. The molecule has 1 unspecified atom stereocenters. The van der Waals surface area contributed by atoms with Gasteiger partial charge in [-0.05, 0) is 22.4 Å². The molecule has 0 saturated heterocycles. The predicted octanol–water partition coefficient (Wildman–Crippen LogP) is 4.26. The van der Waals surface area contributed by atoms with Crippen molar-refractivity contribution in [3.05, 3.63) is 15.0 Å². The molecule has 0 amide bonds. The third kappa shape index (κ3) is 1.90. The van der Waals surface area contributed by atoms with E-state index in [0.717, 1.165) is 32.1 Å². The van der Waals surface area contributed by atoms with E-state index in [1.165, 1.54) is 11.3 Å². The van der Waals surface area contributed by atoms with E-state index in [1.807, 2.05) is 0 Å². The first kappa shape index (κ1) is 11.6. The summed E-state index contributed by atoms with van der Waals surface area (Å²) in [6.45, 7) is 2.65. The Labute approximate surface area is 116 Å². The van der Waals surface area contributed by atoms with Gasteiger partial charge < -0.3 is 9.47 Å². The summed E-state index contributed by atoms with van der Waals surface area (Å²) in [4.78, 5) is 4.33. The van der Waals surface area contributed by atoms with Crippen molar-refractivity contribution in [1.82, 2.24) is 4.98 Å². The zero-order valence-electron chi connectivity index (χ0n) is 9.00. The van der Waals surface area contributed by atoms with Crippen molar-refractivity contribution in [1.29, 1.82) is 0 Å². The van der Waals surface area contributed by atoms with Crippen molar-refractivity contribution in [3.8, 4) is 11.5 Å². The Bertz CT molecular complexity index is 586. The third-order valence-electron chi connectivity index (χ3n) is 2.68. The van der Waals surface area contributed by atoms with Crippen LogP contribution in [0.4, 0.5) is 0 Å². The van der Waals surface area contributed by atoms with Crippen LogP contribution in [0.25, 0.3) is 10.2 Å². The van der Waals surface area contributed by atoms with Gasteiger partial charge in [0.25, 0.3) is 0 Å². The highest BCUT2D eigenvalue weighted by Gasteiger charge is 2.25. The van der Waals surface area contributed by atoms with Crippen LogP contribution < -0.4 is 9.47 Å². The van der Waals surface area contributed by atoms with Crippen molar-refractivity contribution in [2.45, 2.75) is 19.4 Å². The number of rotatable bonds is 1. The van der Waals surface area contributed by atoms with E-state index in [9.17, 15) is 0 Å². The Hall–Kier alpha value is -0.520. The van der Waals surface area contributed by atoms with Crippen LogP contribution in [0.3, 0.4) is 0 Å². The van der Waals surface area contributed by atoms with E-state index in [2.05, 4.69) is 27.8 Å². The minimum absolute atomic E-state index is 0.104. The average molecular weight is 335 g/mol. The van der Waals surface area contributed by atoms with Crippen LogP contribution in [0.5, 0.6) is 11.5 Å². The zero-order valence-corrected chi connectivity index (χ0v) is 12.2.